The predicted octanol–water partition coefficient (Wildman–Crippen LogP) is 4.04. The second kappa shape index (κ2) is 5.81. The third-order valence-corrected chi connectivity index (χ3v) is 3.21. The van der Waals surface area contributed by atoms with Gasteiger partial charge in [-0.3, -0.25) is 10.4 Å². The normalized spacial score (nSPS) is 11.1. The minimum atomic E-state index is 0.211. The molecule has 21 heavy (non-hydrogen) atoms. The van der Waals surface area contributed by atoms with Gasteiger partial charge in [-0.2, -0.15) is 5.10 Å². The number of nitrogens with one attached hydrogen (secondary N) is 1. The van der Waals surface area contributed by atoms with Crippen LogP contribution in [-0.2, 0) is 0 Å². The molecule has 0 spiro atoms. The molecule has 0 saturated heterocycles. The zero-order chi connectivity index (χ0) is 14.7. The van der Waals surface area contributed by atoms with Crippen LogP contribution in [-0.4, -0.2) is 16.3 Å². The summed E-state index contributed by atoms with van der Waals surface area (Å²) in [7, 11) is 0. The zero-order valence-corrected chi connectivity index (χ0v) is 11.7. The fourth-order valence-electron chi connectivity index (χ4n) is 2.00. The summed E-state index contributed by atoms with van der Waals surface area (Å²) in [4.78, 5) is 4.27. The number of hydrazone groups is 1. The van der Waals surface area contributed by atoms with E-state index in [1.165, 1.54) is 0 Å². The van der Waals surface area contributed by atoms with Crippen molar-refractivity contribution in [3.05, 3.63) is 65.3 Å². The molecule has 0 bridgehead atoms. The number of benzene rings is 2. The summed E-state index contributed by atoms with van der Waals surface area (Å²) in [5, 5.41) is 15.2. The molecule has 3 aromatic rings. The molecular formula is C16H12ClN3O. The zero-order valence-electron chi connectivity index (χ0n) is 11.0. The lowest BCUT2D eigenvalue weighted by Gasteiger charge is -2.05. The van der Waals surface area contributed by atoms with E-state index in [0.717, 1.165) is 22.2 Å². The number of hydrogen-bond acceptors (Lipinski definition) is 4. The van der Waals surface area contributed by atoms with E-state index in [1.807, 2.05) is 24.3 Å². The van der Waals surface area contributed by atoms with Crippen LogP contribution in [0.1, 0.15) is 5.56 Å². The van der Waals surface area contributed by atoms with Crippen molar-refractivity contribution in [2.75, 3.05) is 5.43 Å². The number of pyridine rings is 1. The monoisotopic (exact) mass is 297 g/mol. The molecule has 0 radical (unpaired) electrons. The van der Waals surface area contributed by atoms with Crippen LogP contribution >= 0.6 is 11.6 Å². The van der Waals surface area contributed by atoms with Gasteiger partial charge in [0.05, 0.1) is 17.4 Å². The van der Waals surface area contributed by atoms with Crippen molar-refractivity contribution in [2.24, 2.45) is 5.10 Å². The molecule has 0 aliphatic rings. The second-order valence-electron chi connectivity index (χ2n) is 4.48. The van der Waals surface area contributed by atoms with Crippen molar-refractivity contribution in [3.63, 3.8) is 0 Å². The van der Waals surface area contributed by atoms with Crippen LogP contribution in [0.25, 0.3) is 10.9 Å². The molecule has 0 aliphatic heterocycles. The molecule has 2 N–H and O–H groups in total. The maximum absolute atomic E-state index is 9.39. The topological polar surface area (TPSA) is 57.5 Å². The number of phenols is 1. The average molecular weight is 298 g/mol. The van der Waals surface area contributed by atoms with Gasteiger partial charge >= 0.3 is 0 Å². The van der Waals surface area contributed by atoms with Crippen LogP contribution in [0.5, 0.6) is 5.75 Å². The Morgan fingerprint density at radius 3 is 2.90 bits per heavy atom. The Labute approximate surface area is 126 Å². The molecular weight excluding hydrogens is 286 g/mol. The van der Waals surface area contributed by atoms with Crippen LogP contribution in [0.4, 0.5) is 5.69 Å². The number of fused-ring (bicyclic) bond motifs is 1. The molecule has 0 fully saturated rings. The molecule has 5 heteroatoms. The summed E-state index contributed by atoms with van der Waals surface area (Å²) in [6.07, 6.45) is 3.34. The summed E-state index contributed by atoms with van der Waals surface area (Å²) in [5.41, 5.74) is 5.44. The van der Waals surface area contributed by atoms with Gasteiger partial charge in [-0.1, -0.05) is 23.7 Å². The highest BCUT2D eigenvalue weighted by molar-refractivity contribution is 6.31. The van der Waals surface area contributed by atoms with E-state index in [4.69, 9.17) is 11.6 Å². The standard InChI is InChI=1S/C16H12ClN3O/c17-12-4-5-14-15(6-7-18-16(14)9-12)20-19-10-11-2-1-3-13(21)8-11/h1-10,21H,(H,18,20)/b19-10+. The molecule has 1 heterocycles. The van der Waals surface area contributed by atoms with Crippen LogP contribution in [0.15, 0.2) is 59.8 Å². The molecule has 3 rings (SSSR count). The van der Waals surface area contributed by atoms with Gasteiger partial charge < -0.3 is 5.11 Å². The number of nitrogens with zero attached hydrogens (tertiary/aromatic N) is 2. The lowest BCUT2D eigenvalue weighted by Crippen LogP contribution is -1.92. The third-order valence-electron chi connectivity index (χ3n) is 2.97. The van der Waals surface area contributed by atoms with Crippen LogP contribution in [0.3, 0.4) is 0 Å². The summed E-state index contributed by atoms with van der Waals surface area (Å²) in [6.45, 7) is 0. The Balaban J connectivity index is 1.85. The van der Waals surface area contributed by atoms with Crippen molar-refractivity contribution in [3.8, 4) is 5.75 Å². The van der Waals surface area contributed by atoms with Gasteiger partial charge in [0.2, 0.25) is 0 Å². The highest BCUT2D eigenvalue weighted by atomic mass is 35.5. The lowest BCUT2D eigenvalue weighted by molar-refractivity contribution is 0.475. The smallest absolute Gasteiger partial charge is 0.116 e. The number of anilines is 1. The first kappa shape index (κ1) is 13.4. The predicted molar refractivity (Wildman–Crippen MR) is 86.1 cm³/mol. The van der Waals surface area contributed by atoms with Crippen LogP contribution in [0, 0.1) is 0 Å². The molecule has 4 nitrogen and oxygen atoms in total. The summed E-state index contributed by atoms with van der Waals surface area (Å²) >= 11 is 5.96. The second-order valence-corrected chi connectivity index (χ2v) is 4.92. The van der Waals surface area contributed by atoms with Crippen molar-refractivity contribution in [1.82, 2.24) is 4.98 Å². The number of rotatable bonds is 3. The van der Waals surface area contributed by atoms with Crippen LogP contribution in [0.2, 0.25) is 5.02 Å². The van der Waals surface area contributed by atoms with E-state index < -0.39 is 0 Å². The maximum atomic E-state index is 9.39. The van der Waals surface area contributed by atoms with E-state index in [9.17, 15) is 5.11 Å². The maximum Gasteiger partial charge on any atom is 0.116 e. The van der Waals surface area contributed by atoms with Crippen molar-refractivity contribution < 1.29 is 5.11 Å². The first-order valence-corrected chi connectivity index (χ1v) is 6.72. The summed E-state index contributed by atoms with van der Waals surface area (Å²) in [6, 6.07) is 14.2. The van der Waals surface area contributed by atoms with Gasteiger partial charge in [-0.05, 0) is 42.0 Å². The highest BCUT2D eigenvalue weighted by Gasteiger charge is 2.01. The van der Waals surface area contributed by atoms with Gasteiger partial charge in [0, 0.05) is 16.6 Å². The number of hydrogen-bond donors (Lipinski definition) is 2. The Morgan fingerprint density at radius 1 is 1.14 bits per heavy atom. The van der Waals surface area contributed by atoms with Gasteiger partial charge in [-0.15, -0.1) is 0 Å². The fraction of sp³-hybridized carbons (Fsp3) is 0. The highest BCUT2D eigenvalue weighted by Crippen LogP contribution is 2.24. The summed E-state index contributed by atoms with van der Waals surface area (Å²) < 4.78 is 0. The molecule has 104 valence electrons. The minimum Gasteiger partial charge on any atom is -0.508 e. The number of aromatic hydroxyl groups is 1. The molecule has 0 atom stereocenters. The number of halogens is 1. The lowest BCUT2D eigenvalue weighted by atomic mass is 10.2. The van der Waals surface area contributed by atoms with Gasteiger partial charge in [-0.25, -0.2) is 0 Å². The Kier molecular flexibility index (Phi) is 3.71. The molecule has 0 unspecified atom stereocenters. The number of aromatic nitrogens is 1. The van der Waals surface area contributed by atoms with Gasteiger partial charge in [0.15, 0.2) is 0 Å². The average Bonchev–Trinajstić information content (AvgIpc) is 2.47. The quantitative estimate of drug-likeness (QED) is 0.566. The first-order valence-electron chi connectivity index (χ1n) is 6.35. The molecule has 0 amide bonds. The molecule has 2 aromatic carbocycles. The molecule has 0 aliphatic carbocycles. The Bertz CT molecular complexity index is 817. The van der Waals surface area contributed by atoms with Gasteiger partial charge in [0.25, 0.3) is 0 Å². The van der Waals surface area contributed by atoms with E-state index in [-0.39, 0.29) is 5.75 Å². The van der Waals surface area contributed by atoms with Crippen LogP contribution < -0.4 is 5.43 Å². The summed E-state index contributed by atoms with van der Waals surface area (Å²) in [5.74, 6) is 0.211. The SMILES string of the molecule is Oc1cccc(/C=N/Nc2ccnc3cc(Cl)ccc23)c1. The Morgan fingerprint density at radius 2 is 2.05 bits per heavy atom. The first-order chi connectivity index (χ1) is 10.2. The van der Waals surface area contributed by atoms with E-state index in [2.05, 4.69) is 15.5 Å². The van der Waals surface area contributed by atoms with Crippen molar-refractivity contribution >= 4 is 34.4 Å². The van der Waals surface area contributed by atoms with Crippen molar-refractivity contribution in [1.29, 1.82) is 0 Å². The largest absolute Gasteiger partial charge is 0.508 e. The van der Waals surface area contributed by atoms with E-state index in [1.54, 1.807) is 36.7 Å². The van der Waals surface area contributed by atoms with E-state index >= 15 is 0 Å². The Hall–Kier alpha value is -2.59. The molecule has 0 saturated carbocycles. The van der Waals surface area contributed by atoms with Gasteiger partial charge in [0.1, 0.15) is 5.75 Å². The van der Waals surface area contributed by atoms with E-state index in [0.29, 0.717) is 5.02 Å². The fourth-order valence-corrected chi connectivity index (χ4v) is 2.17. The molecule has 1 aromatic heterocycles. The van der Waals surface area contributed by atoms with Crippen molar-refractivity contribution in [2.45, 2.75) is 0 Å². The third kappa shape index (κ3) is 3.12. The minimum absolute atomic E-state index is 0.211. The number of phenolic OH excluding ortho intramolecular Hbond substituents is 1.